The number of alkyl halides is 3. The summed E-state index contributed by atoms with van der Waals surface area (Å²) in [5.41, 5.74) is 2.18. The Labute approximate surface area is 123 Å². The maximum atomic E-state index is 13.4. The van der Waals surface area contributed by atoms with E-state index >= 15 is 0 Å². The maximum Gasteiger partial charge on any atom is 0.409 e. The van der Waals surface area contributed by atoms with Crippen LogP contribution in [0.2, 0.25) is 0 Å². The van der Waals surface area contributed by atoms with Gasteiger partial charge >= 0.3 is 6.18 Å². The lowest BCUT2D eigenvalue weighted by atomic mass is 10.0. The van der Waals surface area contributed by atoms with Gasteiger partial charge in [-0.25, -0.2) is 9.40 Å². The summed E-state index contributed by atoms with van der Waals surface area (Å²) in [5.74, 6) is -0.955. The summed E-state index contributed by atoms with van der Waals surface area (Å²) in [7, 11) is 0. The molecule has 1 heterocycles. The number of nitrogens with zero attached hydrogens (tertiary/aromatic N) is 1. The predicted octanol–water partition coefficient (Wildman–Crippen LogP) is 3.32. The summed E-state index contributed by atoms with van der Waals surface area (Å²) >= 11 is 0. The van der Waals surface area contributed by atoms with Crippen LogP contribution >= 0.6 is 0 Å². The van der Waals surface area contributed by atoms with Crippen LogP contribution in [0.5, 0.6) is 0 Å². The Hall–Kier alpha value is -2.15. The summed E-state index contributed by atoms with van der Waals surface area (Å²) in [5, 5.41) is 1.91. The second kappa shape index (κ2) is 5.24. The van der Waals surface area contributed by atoms with Gasteiger partial charge in [-0.05, 0) is 34.5 Å². The quantitative estimate of drug-likeness (QED) is 0.863. The van der Waals surface area contributed by atoms with Gasteiger partial charge in [0.15, 0.2) is 0 Å². The van der Waals surface area contributed by atoms with Gasteiger partial charge in [-0.1, -0.05) is 18.2 Å². The number of fused-ring (bicyclic) bond motifs is 1. The Kier molecular flexibility index (Phi) is 3.52. The average Bonchev–Trinajstić information content (AvgIpc) is 2.83. The van der Waals surface area contributed by atoms with Crippen molar-refractivity contribution in [2.75, 3.05) is 6.54 Å². The number of carbonyl (C=O) groups excluding carboxylic acids is 1. The molecular formula is C15H12F4N2O. The molecule has 3 nitrogen and oxygen atoms in total. The molecule has 0 spiro atoms. The standard InChI is InChI=1S/C15H12F4N2O/c16-12-4-3-9-1-2-10(7-11(9)8-12)14(15(17,18)19)21-6-5-13(22)20-21/h1-4,7-8,14H,5-6H2,(H,20,22)/t14-/m0/s1. The van der Waals surface area contributed by atoms with Gasteiger partial charge in [0.2, 0.25) is 5.91 Å². The number of hydrogen-bond acceptors (Lipinski definition) is 2. The molecule has 2 aromatic rings. The van der Waals surface area contributed by atoms with Crippen molar-refractivity contribution in [3.05, 3.63) is 47.8 Å². The molecule has 0 bridgehead atoms. The topological polar surface area (TPSA) is 32.3 Å². The molecule has 0 saturated carbocycles. The minimum absolute atomic E-state index is 0.0226. The van der Waals surface area contributed by atoms with Crippen molar-refractivity contribution in [2.45, 2.75) is 18.6 Å². The minimum Gasteiger partial charge on any atom is -0.288 e. The van der Waals surface area contributed by atoms with E-state index in [0.29, 0.717) is 10.8 Å². The fraction of sp³-hybridized carbons (Fsp3) is 0.267. The van der Waals surface area contributed by atoms with Crippen molar-refractivity contribution in [3.8, 4) is 0 Å². The Balaban J connectivity index is 2.05. The molecule has 7 heteroatoms. The highest BCUT2D eigenvalue weighted by Gasteiger charge is 2.46. The molecule has 116 valence electrons. The summed E-state index contributed by atoms with van der Waals surface area (Å²) < 4.78 is 53.5. The fourth-order valence-electron chi connectivity index (χ4n) is 2.64. The number of rotatable bonds is 2. The third kappa shape index (κ3) is 2.76. The smallest absolute Gasteiger partial charge is 0.288 e. The van der Waals surface area contributed by atoms with E-state index in [9.17, 15) is 22.4 Å². The zero-order chi connectivity index (χ0) is 15.9. The summed E-state index contributed by atoms with van der Waals surface area (Å²) in [6.45, 7) is -0.0236. The summed E-state index contributed by atoms with van der Waals surface area (Å²) in [6.07, 6.45) is -4.53. The van der Waals surface area contributed by atoms with Crippen LogP contribution in [0.15, 0.2) is 36.4 Å². The molecule has 1 saturated heterocycles. The van der Waals surface area contributed by atoms with Crippen LogP contribution in [-0.2, 0) is 4.79 Å². The molecule has 1 fully saturated rings. The highest BCUT2D eigenvalue weighted by Crippen LogP contribution is 2.38. The average molecular weight is 312 g/mol. The van der Waals surface area contributed by atoms with E-state index in [-0.39, 0.29) is 18.5 Å². The normalized spacial score (nSPS) is 17.7. The van der Waals surface area contributed by atoms with E-state index in [1.165, 1.54) is 36.4 Å². The van der Waals surface area contributed by atoms with Crippen LogP contribution in [0.4, 0.5) is 17.6 Å². The van der Waals surface area contributed by atoms with Gasteiger partial charge in [0.1, 0.15) is 11.9 Å². The lowest BCUT2D eigenvalue weighted by Gasteiger charge is -2.29. The Morgan fingerprint density at radius 3 is 2.45 bits per heavy atom. The third-order valence-corrected chi connectivity index (χ3v) is 3.61. The molecule has 0 radical (unpaired) electrons. The number of halogens is 4. The zero-order valence-corrected chi connectivity index (χ0v) is 11.3. The number of nitrogens with one attached hydrogen (secondary N) is 1. The molecular weight excluding hydrogens is 300 g/mol. The van der Waals surface area contributed by atoms with Gasteiger partial charge < -0.3 is 0 Å². The molecule has 0 aliphatic carbocycles. The van der Waals surface area contributed by atoms with Crippen molar-refractivity contribution >= 4 is 16.7 Å². The van der Waals surface area contributed by atoms with Crippen LogP contribution in [-0.4, -0.2) is 23.6 Å². The highest BCUT2D eigenvalue weighted by atomic mass is 19.4. The van der Waals surface area contributed by atoms with Gasteiger partial charge in [0, 0.05) is 13.0 Å². The van der Waals surface area contributed by atoms with E-state index in [1.807, 2.05) is 0 Å². The Morgan fingerprint density at radius 1 is 1.09 bits per heavy atom. The van der Waals surface area contributed by atoms with Crippen molar-refractivity contribution < 1.29 is 22.4 Å². The lowest BCUT2D eigenvalue weighted by Crippen LogP contribution is -2.43. The minimum atomic E-state index is -4.56. The zero-order valence-electron chi connectivity index (χ0n) is 11.3. The summed E-state index contributed by atoms with van der Waals surface area (Å²) in [6, 6.07) is 6.17. The number of amides is 1. The third-order valence-electron chi connectivity index (χ3n) is 3.61. The molecule has 0 unspecified atom stereocenters. The molecule has 1 amide bonds. The van der Waals surface area contributed by atoms with Gasteiger partial charge in [-0.2, -0.15) is 13.2 Å². The molecule has 22 heavy (non-hydrogen) atoms. The van der Waals surface area contributed by atoms with Gasteiger partial charge in [0.05, 0.1) is 0 Å². The van der Waals surface area contributed by atoms with E-state index in [2.05, 4.69) is 5.43 Å². The predicted molar refractivity (Wildman–Crippen MR) is 72.2 cm³/mol. The van der Waals surface area contributed by atoms with Crippen molar-refractivity contribution in [2.24, 2.45) is 0 Å². The number of carbonyl (C=O) groups is 1. The summed E-state index contributed by atoms with van der Waals surface area (Å²) in [4.78, 5) is 11.2. The first-order valence-corrected chi connectivity index (χ1v) is 6.67. The Bertz CT molecular complexity index is 729. The number of hydrazine groups is 1. The second-order valence-electron chi connectivity index (χ2n) is 5.17. The molecule has 0 aromatic heterocycles. The first-order chi connectivity index (χ1) is 10.3. The van der Waals surface area contributed by atoms with Gasteiger partial charge in [-0.3, -0.25) is 10.2 Å². The SMILES string of the molecule is O=C1CCN([C@@H](c2ccc3ccc(F)cc3c2)C(F)(F)F)N1. The van der Waals surface area contributed by atoms with Crippen molar-refractivity contribution in [1.82, 2.24) is 10.4 Å². The van der Waals surface area contributed by atoms with Crippen molar-refractivity contribution in [1.29, 1.82) is 0 Å². The van der Waals surface area contributed by atoms with E-state index < -0.39 is 23.9 Å². The van der Waals surface area contributed by atoms with Crippen molar-refractivity contribution in [3.63, 3.8) is 0 Å². The Morgan fingerprint density at radius 2 is 1.82 bits per heavy atom. The first-order valence-electron chi connectivity index (χ1n) is 6.67. The van der Waals surface area contributed by atoms with Crippen LogP contribution in [0, 0.1) is 5.82 Å². The van der Waals surface area contributed by atoms with E-state index in [4.69, 9.17) is 0 Å². The molecule has 2 aromatic carbocycles. The molecule has 1 aliphatic heterocycles. The molecule has 1 aliphatic rings. The molecule has 1 atom stereocenters. The van der Waals surface area contributed by atoms with Gasteiger partial charge in [-0.15, -0.1) is 0 Å². The molecule has 3 rings (SSSR count). The fourth-order valence-corrected chi connectivity index (χ4v) is 2.64. The lowest BCUT2D eigenvalue weighted by molar-refractivity contribution is -0.191. The largest absolute Gasteiger partial charge is 0.409 e. The monoisotopic (exact) mass is 312 g/mol. The van der Waals surface area contributed by atoms with Crippen LogP contribution in [0.3, 0.4) is 0 Å². The van der Waals surface area contributed by atoms with E-state index in [1.54, 1.807) is 0 Å². The van der Waals surface area contributed by atoms with Crippen LogP contribution in [0.25, 0.3) is 10.8 Å². The number of benzene rings is 2. The number of hydrogen-bond donors (Lipinski definition) is 1. The first kappa shape index (κ1) is 14.8. The van der Waals surface area contributed by atoms with Gasteiger partial charge in [0.25, 0.3) is 0 Å². The van der Waals surface area contributed by atoms with Crippen LogP contribution in [0.1, 0.15) is 18.0 Å². The maximum absolute atomic E-state index is 13.4. The van der Waals surface area contributed by atoms with Crippen LogP contribution < -0.4 is 5.43 Å². The van der Waals surface area contributed by atoms with E-state index in [0.717, 1.165) is 5.01 Å². The molecule has 1 N–H and O–H groups in total. The highest BCUT2D eigenvalue weighted by molar-refractivity contribution is 5.83. The second-order valence-corrected chi connectivity index (χ2v) is 5.17.